The molecule has 8 nitrogen and oxygen atoms in total. The van der Waals surface area contributed by atoms with Gasteiger partial charge in [0, 0.05) is 12.6 Å². The van der Waals surface area contributed by atoms with Crippen molar-refractivity contribution in [2.24, 2.45) is 0 Å². The zero-order valence-corrected chi connectivity index (χ0v) is 15.6. The number of ether oxygens (including phenoxy) is 2. The lowest BCUT2D eigenvalue weighted by atomic mass is 10.2. The Balaban J connectivity index is 2.06. The van der Waals surface area contributed by atoms with Gasteiger partial charge in [0.15, 0.2) is 11.5 Å². The zero-order chi connectivity index (χ0) is 18.4. The van der Waals surface area contributed by atoms with Gasteiger partial charge in [0.2, 0.25) is 15.9 Å². The minimum absolute atomic E-state index is 0.277. The average Bonchev–Trinajstić information content (AvgIpc) is 2.55. The first-order valence-corrected chi connectivity index (χ1v) is 9.91. The quantitative estimate of drug-likeness (QED) is 0.661. The number of carbonyl (C=O) groups is 1. The number of amides is 1. The van der Waals surface area contributed by atoms with Gasteiger partial charge >= 0.3 is 0 Å². The van der Waals surface area contributed by atoms with Crippen LogP contribution < -0.4 is 19.1 Å². The van der Waals surface area contributed by atoms with Gasteiger partial charge in [0.05, 0.1) is 11.9 Å². The topological polar surface area (TPSA) is 88.2 Å². The molecule has 0 aromatic heterocycles. The maximum Gasteiger partial charge on any atom is 0.240 e. The van der Waals surface area contributed by atoms with Crippen LogP contribution in [0.3, 0.4) is 0 Å². The van der Waals surface area contributed by atoms with Crippen LogP contribution in [-0.2, 0) is 14.8 Å². The van der Waals surface area contributed by atoms with E-state index in [1.54, 1.807) is 18.2 Å². The molecule has 1 aliphatic rings. The lowest BCUT2D eigenvalue weighted by molar-refractivity contribution is -0.119. The Morgan fingerprint density at radius 1 is 1.20 bits per heavy atom. The minimum atomic E-state index is -3.62. The fraction of sp³-hybridized carbons (Fsp3) is 0.562. The molecule has 0 saturated heterocycles. The first kappa shape index (κ1) is 19.3. The molecule has 1 heterocycles. The molecule has 1 aliphatic heterocycles. The standard InChI is InChI=1S/C16H25N3O5S/c1-18(2)8-4-7-17-16(20)12-19(25(3,21)22)13-5-6-14-15(11-13)24-10-9-23-14/h5-6,11H,4,7-10,12H2,1-3H3,(H,17,20). The van der Waals surface area contributed by atoms with E-state index in [-0.39, 0.29) is 12.5 Å². The van der Waals surface area contributed by atoms with E-state index in [0.29, 0.717) is 36.9 Å². The number of fused-ring (bicyclic) bond motifs is 1. The molecule has 1 N–H and O–H groups in total. The predicted octanol–water partition coefficient (Wildman–Crippen LogP) is 0.292. The van der Waals surface area contributed by atoms with Gasteiger partial charge in [0.25, 0.3) is 0 Å². The van der Waals surface area contributed by atoms with E-state index in [9.17, 15) is 13.2 Å². The molecule has 25 heavy (non-hydrogen) atoms. The van der Waals surface area contributed by atoms with E-state index in [1.165, 1.54) is 0 Å². The summed E-state index contributed by atoms with van der Waals surface area (Å²) in [5.74, 6) is 0.694. The highest BCUT2D eigenvalue weighted by molar-refractivity contribution is 7.92. The van der Waals surface area contributed by atoms with Gasteiger partial charge < -0.3 is 19.7 Å². The molecule has 9 heteroatoms. The van der Waals surface area contributed by atoms with Crippen molar-refractivity contribution in [2.45, 2.75) is 6.42 Å². The second-order valence-electron chi connectivity index (χ2n) is 6.10. The lowest BCUT2D eigenvalue weighted by Gasteiger charge is -2.24. The molecule has 1 amide bonds. The molecule has 1 aromatic rings. The van der Waals surface area contributed by atoms with Crippen molar-refractivity contribution >= 4 is 21.6 Å². The third kappa shape index (κ3) is 5.79. The summed E-state index contributed by atoms with van der Waals surface area (Å²) in [4.78, 5) is 14.1. The average molecular weight is 371 g/mol. The lowest BCUT2D eigenvalue weighted by Crippen LogP contribution is -2.41. The second kappa shape index (κ2) is 8.39. The van der Waals surface area contributed by atoms with Crippen molar-refractivity contribution < 1.29 is 22.7 Å². The summed E-state index contributed by atoms with van der Waals surface area (Å²) in [6, 6.07) is 4.83. The molecule has 2 rings (SSSR count). The highest BCUT2D eigenvalue weighted by Crippen LogP contribution is 2.34. The summed E-state index contributed by atoms with van der Waals surface area (Å²) in [5.41, 5.74) is 0.371. The minimum Gasteiger partial charge on any atom is -0.486 e. The Bertz CT molecular complexity index is 706. The Hall–Kier alpha value is -2.00. The molecule has 0 spiro atoms. The van der Waals surface area contributed by atoms with Gasteiger partial charge in [-0.1, -0.05) is 0 Å². The van der Waals surface area contributed by atoms with Gasteiger partial charge in [-0.2, -0.15) is 0 Å². The second-order valence-corrected chi connectivity index (χ2v) is 8.01. The maximum atomic E-state index is 12.1. The van der Waals surface area contributed by atoms with E-state index in [0.717, 1.165) is 23.5 Å². The molecule has 0 fully saturated rings. The Morgan fingerprint density at radius 3 is 2.52 bits per heavy atom. The van der Waals surface area contributed by atoms with Crippen LogP contribution in [0, 0.1) is 0 Å². The number of rotatable bonds is 8. The van der Waals surface area contributed by atoms with Crippen molar-refractivity contribution in [1.29, 1.82) is 0 Å². The third-order valence-corrected chi connectivity index (χ3v) is 4.75. The van der Waals surface area contributed by atoms with Crippen LogP contribution in [0.25, 0.3) is 0 Å². The number of anilines is 1. The smallest absolute Gasteiger partial charge is 0.240 e. The molecule has 0 radical (unpaired) electrons. The molecule has 1 aromatic carbocycles. The number of hydrogen-bond donors (Lipinski definition) is 1. The molecule has 140 valence electrons. The van der Waals surface area contributed by atoms with Crippen LogP contribution >= 0.6 is 0 Å². The van der Waals surface area contributed by atoms with E-state index >= 15 is 0 Å². The SMILES string of the molecule is CN(C)CCCNC(=O)CN(c1ccc2c(c1)OCCO2)S(C)(=O)=O. The molecule has 0 atom stereocenters. The van der Waals surface area contributed by atoms with Gasteiger partial charge in [-0.3, -0.25) is 9.10 Å². The first-order chi connectivity index (χ1) is 11.8. The Morgan fingerprint density at radius 2 is 1.88 bits per heavy atom. The number of benzene rings is 1. The van der Waals surface area contributed by atoms with Crippen LogP contribution in [0.5, 0.6) is 11.5 Å². The molecule has 0 aliphatic carbocycles. The predicted molar refractivity (Wildman–Crippen MR) is 95.8 cm³/mol. The molecular formula is C16H25N3O5S. The number of carbonyl (C=O) groups excluding carboxylic acids is 1. The summed E-state index contributed by atoms with van der Waals surface area (Å²) in [6.45, 7) is 1.92. The molecular weight excluding hydrogens is 346 g/mol. The monoisotopic (exact) mass is 371 g/mol. The van der Waals surface area contributed by atoms with E-state index in [1.807, 2.05) is 19.0 Å². The number of hydrogen-bond acceptors (Lipinski definition) is 6. The molecule has 0 saturated carbocycles. The number of nitrogens with one attached hydrogen (secondary N) is 1. The van der Waals surface area contributed by atoms with E-state index in [4.69, 9.17) is 9.47 Å². The van der Waals surface area contributed by atoms with Crippen molar-refractivity contribution in [2.75, 3.05) is 57.5 Å². The van der Waals surface area contributed by atoms with Crippen molar-refractivity contribution in [3.63, 3.8) is 0 Å². The van der Waals surface area contributed by atoms with Crippen LogP contribution in [0.1, 0.15) is 6.42 Å². The van der Waals surface area contributed by atoms with Crippen molar-refractivity contribution in [3.05, 3.63) is 18.2 Å². The highest BCUT2D eigenvalue weighted by atomic mass is 32.2. The number of sulfonamides is 1. The van der Waals surface area contributed by atoms with Crippen LogP contribution in [0.4, 0.5) is 5.69 Å². The van der Waals surface area contributed by atoms with Gasteiger partial charge in [-0.25, -0.2) is 8.42 Å². The fourth-order valence-corrected chi connectivity index (χ4v) is 3.24. The summed E-state index contributed by atoms with van der Waals surface area (Å²) in [6.07, 6.45) is 1.87. The summed E-state index contributed by atoms with van der Waals surface area (Å²) >= 11 is 0. The zero-order valence-electron chi connectivity index (χ0n) is 14.8. The number of nitrogens with zero attached hydrogens (tertiary/aromatic N) is 2. The van der Waals surface area contributed by atoms with Crippen molar-refractivity contribution in [1.82, 2.24) is 10.2 Å². The third-order valence-electron chi connectivity index (χ3n) is 3.61. The van der Waals surface area contributed by atoms with E-state index in [2.05, 4.69) is 5.32 Å². The maximum absolute atomic E-state index is 12.1. The van der Waals surface area contributed by atoms with Crippen LogP contribution in [0.2, 0.25) is 0 Å². The van der Waals surface area contributed by atoms with Crippen molar-refractivity contribution in [3.8, 4) is 11.5 Å². The molecule has 0 unspecified atom stereocenters. The molecule has 0 bridgehead atoms. The summed E-state index contributed by atoms with van der Waals surface area (Å²) in [7, 11) is 0.291. The first-order valence-electron chi connectivity index (χ1n) is 8.06. The van der Waals surface area contributed by atoms with Crippen LogP contribution in [0.15, 0.2) is 18.2 Å². The summed E-state index contributed by atoms with van der Waals surface area (Å²) < 4.78 is 36.2. The van der Waals surface area contributed by atoms with Crippen LogP contribution in [-0.4, -0.2) is 72.4 Å². The summed E-state index contributed by atoms with van der Waals surface area (Å²) in [5, 5.41) is 2.75. The Kier molecular flexibility index (Phi) is 6.49. The largest absolute Gasteiger partial charge is 0.486 e. The van der Waals surface area contributed by atoms with Gasteiger partial charge in [-0.05, 0) is 39.2 Å². The van der Waals surface area contributed by atoms with Gasteiger partial charge in [-0.15, -0.1) is 0 Å². The fourth-order valence-electron chi connectivity index (χ4n) is 2.40. The normalized spacial score (nSPS) is 13.6. The highest BCUT2D eigenvalue weighted by Gasteiger charge is 2.23. The van der Waals surface area contributed by atoms with E-state index < -0.39 is 10.0 Å². The Labute approximate surface area is 148 Å². The van der Waals surface area contributed by atoms with Gasteiger partial charge in [0.1, 0.15) is 19.8 Å².